The molecule has 0 fully saturated rings. The van der Waals surface area contributed by atoms with Crippen LogP contribution in [-0.4, -0.2) is 18.5 Å². The Labute approximate surface area is 129 Å². The van der Waals surface area contributed by atoms with E-state index < -0.39 is 0 Å². The molecule has 0 spiro atoms. The molecule has 0 bridgehead atoms. The second-order valence-electron chi connectivity index (χ2n) is 5.78. The number of hydrogen-bond acceptors (Lipinski definition) is 1. The Bertz CT molecular complexity index is 492. The van der Waals surface area contributed by atoms with Crippen LogP contribution in [0.15, 0.2) is 60.7 Å². The average molecular weight is 281 g/mol. The van der Waals surface area contributed by atoms with Gasteiger partial charge in [0.15, 0.2) is 0 Å². The van der Waals surface area contributed by atoms with Crippen molar-refractivity contribution in [3.05, 3.63) is 71.8 Å². The molecule has 1 atom stereocenters. The van der Waals surface area contributed by atoms with Gasteiger partial charge in [0.1, 0.15) is 0 Å². The van der Waals surface area contributed by atoms with Crippen molar-refractivity contribution >= 4 is 0 Å². The van der Waals surface area contributed by atoms with Crippen LogP contribution in [0, 0.1) is 0 Å². The number of nitrogens with zero attached hydrogens (tertiary/aromatic N) is 1. The quantitative estimate of drug-likeness (QED) is 0.651. The maximum absolute atomic E-state index is 2.52. The van der Waals surface area contributed by atoms with Crippen LogP contribution in [0.25, 0.3) is 0 Å². The smallest absolute Gasteiger partial charge is 0.0344 e. The van der Waals surface area contributed by atoms with E-state index in [1.54, 1.807) is 0 Å². The lowest BCUT2D eigenvalue weighted by molar-refractivity contribution is 0.229. The first kappa shape index (κ1) is 15.8. The standard InChI is InChI=1S/C20H27N/c1-3-11-20(19-15-8-5-9-16-19)21(2)17-10-14-18-12-6-4-7-13-18/h4-9,12-13,15-16,20H,3,10-11,14,17H2,1-2H3. The molecular weight excluding hydrogens is 254 g/mol. The molecule has 112 valence electrons. The molecular formula is C20H27N. The van der Waals surface area contributed by atoms with Crippen LogP contribution in [0.3, 0.4) is 0 Å². The molecule has 21 heavy (non-hydrogen) atoms. The highest BCUT2D eigenvalue weighted by molar-refractivity contribution is 5.19. The van der Waals surface area contributed by atoms with Gasteiger partial charge in [-0.3, -0.25) is 4.90 Å². The number of hydrogen-bond donors (Lipinski definition) is 0. The third-order valence-corrected chi connectivity index (χ3v) is 4.10. The van der Waals surface area contributed by atoms with Crippen LogP contribution in [0.5, 0.6) is 0 Å². The molecule has 2 aromatic rings. The SMILES string of the molecule is CCCC(c1ccccc1)N(C)CCCc1ccccc1. The van der Waals surface area contributed by atoms with Crippen molar-refractivity contribution in [2.45, 2.75) is 38.6 Å². The van der Waals surface area contributed by atoms with Crippen molar-refractivity contribution < 1.29 is 0 Å². The van der Waals surface area contributed by atoms with Crippen molar-refractivity contribution in [2.24, 2.45) is 0 Å². The number of benzene rings is 2. The van der Waals surface area contributed by atoms with Crippen LogP contribution in [0.2, 0.25) is 0 Å². The van der Waals surface area contributed by atoms with Crippen molar-refractivity contribution in [3.8, 4) is 0 Å². The maximum atomic E-state index is 2.52. The minimum Gasteiger partial charge on any atom is -0.299 e. The summed E-state index contributed by atoms with van der Waals surface area (Å²) in [4.78, 5) is 2.52. The fraction of sp³-hybridized carbons (Fsp3) is 0.400. The van der Waals surface area contributed by atoms with E-state index in [1.807, 2.05) is 0 Å². The largest absolute Gasteiger partial charge is 0.299 e. The molecule has 0 aliphatic carbocycles. The summed E-state index contributed by atoms with van der Waals surface area (Å²) in [6.45, 7) is 3.42. The Morgan fingerprint density at radius 1 is 0.905 bits per heavy atom. The van der Waals surface area contributed by atoms with E-state index in [-0.39, 0.29) is 0 Å². The third kappa shape index (κ3) is 5.02. The fourth-order valence-electron chi connectivity index (χ4n) is 2.92. The first-order valence-corrected chi connectivity index (χ1v) is 8.10. The van der Waals surface area contributed by atoms with Gasteiger partial charge in [-0.1, -0.05) is 74.0 Å². The van der Waals surface area contributed by atoms with Crippen LogP contribution in [0.4, 0.5) is 0 Å². The lowest BCUT2D eigenvalue weighted by Gasteiger charge is -2.28. The van der Waals surface area contributed by atoms with Gasteiger partial charge < -0.3 is 0 Å². The Morgan fingerprint density at radius 3 is 2.14 bits per heavy atom. The molecule has 0 saturated carbocycles. The molecule has 0 radical (unpaired) electrons. The lowest BCUT2D eigenvalue weighted by Crippen LogP contribution is -2.26. The zero-order valence-electron chi connectivity index (χ0n) is 13.3. The maximum Gasteiger partial charge on any atom is 0.0344 e. The molecule has 0 aromatic heterocycles. The third-order valence-electron chi connectivity index (χ3n) is 4.10. The number of rotatable bonds is 8. The number of aryl methyl sites for hydroxylation is 1. The van der Waals surface area contributed by atoms with Gasteiger partial charge in [0.05, 0.1) is 0 Å². The molecule has 0 amide bonds. The molecule has 2 rings (SSSR count). The molecule has 1 unspecified atom stereocenters. The van der Waals surface area contributed by atoms with Gasteiger partial charge in [-0.15, -0.1) is 0 Å². The van der Waals surface area contributed by atoms with E-state index in [4.69, 9.17) is 0 Å². The highest BCUT2D eigenvalue weighted by Crippen LogP contribution is 2.24. The predicted molar refractivity (Wildman–Crippen MR) is 91.5 cm³/mol. The van der Waals surface area contributed by atoms with Crippen LogP contribution >= 0.6 is 0 Å². The van der Waals surface area contributed by atoms with Crippen LogP contribution in [-0.2, 0) is 6.42 Å². The van der Waals surface area contributed by atoms with Crippen molar-refractivity contribution in [3.63, 3.8) is 0 Å². The van der Waals surface area contributed by atoms with E-state index in [0.717, 1.165) is 6.54 Å². The summed E-state index contributed by atoms with van der Waals surface area (Å²) < 4.78 is 0. The molecule has 0 heterocycles. The van der Waals surface area contributed by atoms with Gasteiger partial charge in [0, 0.05) is 6.04 Å². The molecule has 0 N–H and O–H groups in total. The summed E-state index contributed by atoms with van der Waals surface area (Å²) in [6.07, 6.45) is 4.83. The Morgan fingerprint density at radius 2 is 1.52 bits per heavy atom. The Kier molecular flexibility index (Phi) is 6.49. The minimum absolute atomic E-state index is 0.548. The van der Waals surface area contributed by atoms with E-state index in [0.29, 0.717) is 6.04 Å². The minimum atomic E-state index is 0.548. The fourth-order valence-corrected chi connectivity index (χ4v) is 2.92. The van der Waals surface area contributed by atoms with E-state index in [1.165, 1.54) is 36.8 Å². The molecule has 0 saturated heterocycles. The van der Waals surface area contributed by atoms with E-state index >= 15 is 0 Å². The lowest BCUT2D eigenvalue weighted by atomic mass is 10.0. The summed E-state index contributed by atoms with van der Waals surface area (Å²) in [5.74, 6) is 0. The van der Waals surface area contributed by atoms with Crippen LogP contribution in [0.1, 0.15) is 43.4 Å². The summed E-state index contributed by atoms with van der Waals surface area (Å²) in [5, 5.41) is 0. The molecule has 0 aliphatic heterocycles. The van der Waals surface area contributed by atoms with Gasteiger partial charge in [0.25, 0.3) is 0 Å². The van der Waals surface area contributed by atoms with Gasteiger partial charge >= 0.3 is 0 Å². The topological polar surface area (TPSA) is 3.24 Å². The second-order valence-corrected chi connectivity index (χ2v) is 5.78. The summed E-state index contributed by atoms with van der Waals surface area (Å²) in [5.41, 5.74) is 2.89. The average Bonchev–Trinajstić information content (AvgIpc) is 2.54. The molecule has 0 aliphatic rings. The van der Waals surface area contributed by atoms with E-state index in [9.17, 15) is 0 Å². The Hall–Kier alpha value is -1.60. The van der Waals surface area contributed by atoms with Crippen molar-refractivity contribution in [2.75, 3.05) is 13.6 Å². The van der Waals surface area contributed by atoms with Gasteiger partial charge in [0.2, 0.25) is 0 Å². The summed E-state index contributed by atoms with van der Waals surface area (Å²) in [6, 6.07) is 22.2. The first-order chi connectivity index (χ1) is 10.3. The molecule has 1 nitrogen and oxygen atoms in total. The first-order valence-electron chi connectivity index (χ1n) is 8.10. The van der Waals surface area contributed by atoms with Gasteiger partial charge in [-0.2, -0.15) is 0 Å². The summed E-state index contributed by atoms with van der Waals surface area (Å²) in [7, 11) is 2.26. The Balaban J connectivity index is 1.88. The predicted octanol–water partition coefficient (Wildman–Crippen LogP) is 5.09. The van der Waals surface area contributed by atoms with Crippen molar-refractivity contribution in [1.82, 2.24) is 4.90 Å². The van der Waals surface area contributed by atoms with Gasteiger partial charge in [-0.25, -0.2) is 0 Å². The molecule has 2 aromatic carbocycles. The monoisotopic (exact) mass is 281 g/mol. The zero-order valence-corrected chi connectivity index (χ0v) is 13.3. The highest BCUT2D eigenvalue weighted by Gasteiger charge is 2.15. The molecule has 1 heteroatoms. The van der Waals surface area contributed by atoms with Crippen LogP contribution < -0.4 is 0 Å². The zero-order chi connectivity index (χ0) is 14.9. The van der Waals surface area contributed by atoms with E-state index in [2.05, 4.69) is 79.5 Å². The summed E-state index contributed by atoms with van der Waals surface area (Å²) >= 11 is 0. The second kappa shape index (κ2) is 8.63. The highest BCUT2D eigenvalue weighted by atomic mass is 15.1. The van der Waals surface area contributed by atoms with Crippen molar-refractivity contribution in [1.29, 1.82) is 0 Å². The van der Waals surface area contributed by atoms with Gasteiger partial charge in [-0.05, 0) is 44.0 Å². The normalized spacial score (nSPS) is 12.5.